The van der Waals surface area contributed by atoms with E-state index in [0.717, 1.165) is 18.5 Å². The molecule has 0 saturated carbocycles. The van der Waals surface area contributed by atoms with E-state index in [4.69, 9.17) is 5.73 Å². The minimum atomic E-state index is 0.281. The topological polar surface area (TPSA) is 38.9 Å². The van der Waals surface area contributed by atoms with E-state index in [2.05, 4.69) is 32.7 Å². The van der Waals surface area contributed by atoms with Crippen LogP contribution >= 0.6 is 11.3 Å². The van der Waals surface area contributed by atoms with E-state index < -0.39 is 0 Å². The minimum Gasteiger partial charge on any atom is -0.327 e. The van der Waals surface area contributed by atoms with Gasteiger partial charge in [-0.2, -0.15) is 0 Å². The lowest BCUT2D eigenvalue weighted by Crippen LogP contribution is -2.24. The third-order valence-corrected chi connectivity index (χ3v) is 3.51. The summed E-state index contributed by atoms with van der Waals surface area (Å²) in [6, 6.07) is 0.281. The van der Waals surface area contributed by atoms with E-state index in [9.17, 15) is 0 Å². The molecule has 0 aliphatic rings. The Bertz CT molecular complexity index is 299. The molecule has 1 aromatic heterocycles. The van der Waals surface area contributed by atoms with Crippen LogP contribution in [0, 0.1) is 12.3 Å². The Morgan fingerprint density at radius 2 is 2.13 bits per heavy atom. The van der Waals surface area contributed by atoms with Crippen molar-refractivity contribution in [3.63, 3.8) is 0 Å². The van der Waals surface area contributed by atoms with E-state index in [1.807, 2.05) is 5.51 Å². The fourth-order valence-corrected chi connectivity index (χ4v) is 2.35. The molecule has 1 aromatic rings. The summed E-state index contributed by atoms with van der Waals surface area (Å²) in [6.07, 6.45) is 3.26. The normalized spacial score (nSPS) is 14.2. The first kappa shape index (κ1) is 12.7. The van der Waals surface area contributed by atoms with Crippen molar-refractivity contribution in [1.29, 1.82) is 0 Å². The summed E-state index contributed by atoms with van der Waals surface area (Å²) < 4.78 is 0. The van der Waals surface area contributed by atoms with Gasteiger partial charge in [-0.05, 0) is 31.6 Å². The molecule has 0 spiro atoms. The molecule has 0 aliphatic heterocycles. The van der Waals surface area contributed by atoms with E-state index in [1.165, 1.54) is 11.3 Å². The number of hydrogen-bond acceptors (Lipinski definition) is 3. The number of thiazole rings is 1. The zero-order valence-electron chi connectivity index (χ0n) is 10.2. The summed E-state index contributed by atoms with van der Waals surface area (Å²) in [4.78, 5) is 5.59. The summed E-state index contributed by atoms with van der Waals surface area (Å²) >= 11 is 1.72. The number of aryl methyl sites for hydroxylation is 1. The molecule has 0 saturated heterocycles. The van der Waals surface area contributed by atoms with E-state index >= 15 is 0 Å². The largest absolute Gasteiger partial charge is 0.327 e. The molecule has 2 nitrogen and oxygen atoms in total. The van der Waals surface area contributed by atoms with Crippen LogP contribution in [0.25, 0.3) is 0 Å². The minimum absolute atomic E-state index is 0.281. The highest BCUT2D eigenvalue weighted by molar-refractivity contribution is 7.09. The lowest BCUT2D eigenvalue weighted by molar-refractivity contribution is 0.347. The van der Waals surface area contributed by atoms with Crippen LogP contribution in [0.5, 0.6) is 0 Å². The zero-order valence-corrected chi connectivity index (χ0v) is 11.0. The van der Waals surface area contributed by atoms with Crippen LogP contribution in [0.4, 0.5) is 0 Å². The molecule has 0 aromatic carbocycles. The molecule has 0 fully saturated rings. The van der Waals surface area contributed by atoms with Gasteiger partial charge in [0.25, 0.3) is 0 Å². The SMILES string of the molecule is Cc1ncsc1CC(N)CCC(C)(C)C. The lowest BCUT2D eigenvalue weighted by atomic mass is 9.88. The molecule has 15 heavy (non-hydrogen) atoms. The van der Waals surface area contributed by atoms with Gasteiger partial charge in [-0.1, -0.05) is 20.8 Å². The average Bonchev–Trinajstić information content (AvgIpc) is 2.47. The van der Waals surface area contributed by atoms with E-state index in [0.29, 0.717) is 5.41 Å². The van der Waals surface area contributed by atoms with Crippen LogP contribution < -0.4 is 5.73 Å². The van der Waals surface area contributed by atoms with Crippen molar-refractivity contribution in [3.8, 4) is 0 Å². The van der Waals surface area contributed by atoms with Gasteiger partial charge in [-0.3, -0.25) is 0 Å². The van der Waals surface area contributed by atoms with Crippen molar-refractivity contribution < 1.29 is 0 Å². The second-order valence-electron chi connectivity index (χ2n) is 5.42. The van der Waals surface area contributed by atoms with Gasteiger partial charge in [-0.15, -0.1) is 11.3 Å². The fourth-order valence-electron chi connectivity index (χ4n) is 1.48. The molecular weight excluding hydrogens is 204 g/mol. The fraction of sp³-hybridized carbons (Fsp3) is 0.750. The van der Waals surface area contributed by atoms with Gasteiger partial charge in [0.15, 0.2) is 0 Å². The van der Waals surface area contributed by atoms with Crippen molar-refractivity contribution >= 4 is 11.3 Å². The van der Waals surface area contributed by atoms with Crippen molar-refractivity contribution in [3.05, 3.63) is 16.1 Å². The molecule has 2 N–H and O–H groups in total. The van der Waals surface area contributed by atoms with Gasteiger partial charge in [0.2, 0.25) is 0 Å². The number of nitrogens with zero attached hydrogens (tertiary/aromatic N) is 1. The Kier molecular flexibility index (Phi) is 4.29. The van der Waals surface area contributed by atoms with Crippen molar-refractivity contribution in [2.24, 2.45) is 11.1 Å². The van der Waals surface area contributed by atoms with Crippen LogP contribution in [0.3, 0.4) is 0 Å². The van der Waals surface area contributed by atoms with Crippen LogP contribution in [-0.2, 0) is 6.42 Å². The highest BCUT2D eigenvalue weighted by Crippen LogP contribution is 2.23. The van der Waals surface area contributed by atoms with Crippen LogP contribution in [-0.4, -0.2) is 11.0 Å². The van der Waals surface area contributed by atoms with Gasteiger partial charge < -0.3 is 5.73 Å². The molecule has 3 heteroatoms. The molecule has 0 bridgehead atoms. The van der Waals surface area contributed by atoms with Gasteiger partial charge in [0.05, 0.1) is 11.2 Å². The van der Waals surface area contributed by atoms with Gasteiger partial charge in [-0.25, -0.2) is 4.98 Å². The van der Waals surface area contributed by atoms with Crippen molar-refractivity contribution in [1.82, 2.24) is 4.98 Å². The molecule has 86 valence electrons. The Hall–Kier alpha value is -0.410. The molecule has 1 atom stereocenters. The van der Waals surface area contributed by atoms with Crippen molar-refractivity contribution in [2.45, 2.75) is 53.0 Å². The first-order chi connectivity index (χ1) is 6.88. The lowest BCUT2D eigenvalue weighted by Gasteiger charge is -2.20. The number of hydrogen-bond donors (Lipinski definition) is 1. The Labute approximate surface area is 96.9 Å². The summed E-state index contributed by atoms with van der Waals surface area (Å²) in [6.45, 7) is 8.84. The molecule has 1 rings (SSSR count). The number of nitrogens with two attached hydrogens (primary N) is 1. The molecule has 1 unspecified atom stereocenters. The van der Waals surface area contributed by atoms with E-state index in [1.54, 1.807) is 11.3 Å². The summed E-state index contributed by atoms with van der Waals surface area (Å²) in [5.41, 5.74) is 9.56. The van der Waals surface area contributed by atoms with Crippen LogP contribution in [0.2, 0.25) is 0 Å². The maximum atomic E-state index is 6.12. The first-order valence-corrected chi connectivity index (χ1v) is 6.41. The van der Waals surface area contributed by atoms with Gasteiger partial charge >= 0.3 is 0 Å². The third kappa shape index (κ3) is 4.76. The monoisotopic (exact) mass is 226 g/mol. The second-order valence-corrected chi connectivity index (χ2v) is 6.36. The second kappa shape index (κ2) is 5.08. The summed E-state index contributed by atoms with van der Waals surface area (Å²) in [5, 5.41) is 0. The predicted octanol–water partition coefficient (Wildman–Crippen LogP) is 3.15. The smallest absolute Gasteiger partial charge is 0.0797 e. The quantitative estimate of drug-likeness (QED) is 0.856. The van der Waals surface area contributed by atoms with E-state index in [-0.39, 0.29) is 6.04 Å². The van der Waals surface area contributed by atoms with Gasteiger partial charge in [0.1, 0.15) is 0 Å². The maximum absolute atomic E-state index is 6.12. The number of aromatic nitrogens is 1. The predicted molar refractivity (Wildman–Crippen MR) is 67.2 cm³/mol. The molecule has 1 heterocycles. The summed E-state index contributed by atoms with van der Waals surface area (Å²) in [5.74, 6) is 0. The molecule has 0 aliphatic carbocycles. The highest BCUT2D eigenvalue weighted by Gasteiger charge is 2.14. The maximum Gasteiger partial charge on any atom is 0.0797 e. The highest BCUT2D eigenvalue weighted by atomic mass is 32.1. The average molecular weight is 226 g/mol. The van der Waals surface area contributed by atoms with Gasteiger partial charge in [0, 0.05) is 10.9 Å². The summed E-state index contributed by atoms with van der Waals surface area (Å²) in [7, 11) is 0. The molecule has 0 radical (unpaired) electrons. The van der Waals surface area contributed by atoms with Crippen LogP contribution in [0.1, 0.15) is 44.2 Å². The Morgan fingerprint density at radius 3 is 2.60 bits per heavy atom. The Balaban J connectivity index is 2.37. The third-order valence-electron chi connectivity index (χ3n) is 2.56. The molecule has 0 amide bonds. The standard InChI is InChI=1S/C12H22N2S/c1-9-11(15-8-14-9)7-10(13)5-6-12(2,3)4/h8,10H,5-7,13H2,1-4H3. The van der Waals surface area contributed by atoms with Crippen molar-refractivity contribution in [2.75, 3.05) is 0 Å². The number of rotatable bonds is 4. The zero-order chi connectivity index (χ0) is 11.5. The Morgan fingerprint density at radius 1 is 1.47 bits per heavy atom. The molecular formula is C12H22N2S. The first-order valence-electron chi connectivity index (χ1n) is 5.53. The van der Waals surface area contributed by atoms with Crippen LogP contribution in [0.15, 0.2) is 5.51 Å².